The summed E-state index contributed by atoms with van der Waals surface area (Å²) in [6, 6.07) is 17.8. The van der Waals surface area contributed by atoms with Crippen molar-refractivity contribution >= 4 is 5.97 Å². The number of carbonyl (C=O) groups is 1. The number of ether oxygens (including phenoxy) is 2. The van der Waals surface area contributed by atoms with E-state index < -0.39 is 0 Å². The molecule has 1 heterocycles. The first-order chi connectivity index (χ1) is 12.7. The van der Waals surface area contributed by atoms with Gasteiger partial charge in [-0.05, 0) is 30.2 Å². The second kappa shape index (κ2) is 8.34. The predicted molar refractivity (Wildman–Crippen MR) is 99.5 cm³/mol. The molecule has 2 aromatic carbocycles. The number of rotatable bonds is 7. The highest BCUT2D eigenvalue weighted by molar-refractivity contribution is 5.89. The molecule has 0 aliphatic rings. The summed E-state index contributed by atoms with van der Waals surface area (Å²) in [6.07, 6.45) is 2.56. The minimum Gasteiger partial charge on any atom is -0.497 e. The van der Waals surface area contributed by atoms with E-state index in [1.54, 1.807) is 18.7 Å². The summed E-state index contributed by atoms with van der Waals surface area (Å²) in [4.78, 5) is 12.3. The molecular formula is C21H22N2O3. The fourth-order valence-electron chi connectivity index (χ4n) is 2.78. The third-order valence-corrected chi connectivity index (χ3v) is 4.05. The van der Waals surface area contributed by atoms with Crippen LogP contribution in [-0.4, -0.2) is 29.5 Å². The van der Waals surface area contributed by atoms with Gasteiger partial charge in [-0.2, -0.15) is 5.10 Å². The zero-order valence-corrected chi connectivity index (χ0v) is 15.0. The first kappa shape index (κ1) is 17.7. The van der Waals surface area contributed by atoms with Crippen LogP contribution in [0.15, 0.2) is 60.8 Å². The van der Waals surface area contributed by atoms with Crippen molar-refractivity contribution in [1.82, 2.24) is 9.78 Å². The second-order valence-corrected chi connectivity index (χ2v) is 5.93. The lowest BCUT2D eigenvalue weighted by Crippen LogP contribution is -2.09. The lowest BCUT2D eigenvalue weighted by Gasteiger charge is -2.04. The summed E-state index contributed by atoms with van der Waals surface area (Å²) in [5, 5.41) is 4.47. The number of nitrogens with zero attached hydrogens (tertiary/aromatic N) is 2. The van der Waals surface area contributed by atoms with Crippen molar-refractivity contribution in [2.45, 2.75) is 19.9 Å². The summed E-state index contributed by atoms with van der Waals surface area (Å²) in [6.45, 7) is 2.70. The molecule has 0 amide bonds. The Balaban J connectivity index is 1.85. The van der Waals surface area contributed by atoms with Gasteiger partial charge in [0, 0.05) is 18.2 Å². The fraction of sp³-hybridized carbons (Fsp3) is 0.238. The highest BCUT2D eigenvalue weighted by Gasteiger charge is 2.18. The zero-order valence-electron chi connectivity index (χ0n) is 15.0. The third kappa shape index (κ3) is 4.30. The molecule has 3 rings (SSSR count). The molecule has 5 heteroatoms. The molecule has 0 unspecified atom stereocenters. The number of esters is 1. The predicted octanol–water partition coefficient (Wildman–Crippen LogP) is 3.71. The Morgan fingerprint density at radius 2 is 1.77 bits per heavy atom. The van der Waals surface area contributed by atoms with Gasteiger partial charge in [-0.3, -0.25) is 4.68 Å². The number of aromatic nitrogens is 2. The van der Waals surface area contributed by atoms with E-state index in [1.807, 2.05) is 60.8 Å². The normalized spacial score (nSPS) is 10.5. The number of carbonyl (C=O) groups excluding carboxylic acids is 1. The molecule has 5 nitrogen and oxygen atoms in total. The van der Waals surface area contributed by atoms with E-state index in [0.29, 0.717) is 25.3 Å². The minimum absolute atomic E-state index is 0.328. The fourth-order valence-corrected chi connectivity index (χ4v) is 2.78. The summed E-state index contributed by atoms with van der Waals surface area (Å²) >= 11 is 0. The van der Waals surface area contributed by atoms with Gasteiger partial charge in [0.25, 0.3) is 0 Å². The molecule has 1 aromatic heterocycles. The van der Waals surface area contributed by atoms with Crippen molar-refractivity contribution < 1.29 is 14.3 Å². The molecule has 0 N–H and O–H groups in total. The number of benzene rings is 2. The zero-order chi connectivity index (χ0) is 18.4. The van der Waals surface area contributed by atoms with E-state index in [4.69, 9.17) is 9.47 Å². The van der Waals surface area contributed by atoms with Crippen molar-refractivity contribution in [3.63, 3.8) is 0 Å². The highest BCUT2D eigenvalue weighted by atomic mass is 16.5. The smallest absolute Gasteiger partial charge is 0.359 e. The molecule has 0 bridgehead atoms. The van der Waals surface area contributed by atoms with Gasteiger partial charge in [-0.15, -0.1) is 0 Å². The topological polar surface area (TPSA) is 53.3 Å². The first-order valence-corrected chi connectivity index (χ1v) is 8.60. The van der Waals surface area contributed by atoms with Gasteiger partial charge < -0.3 is 9.47 Å². The molecule has 0 spiro atoms. The van der Waals surface area contributed by atoms with Crippen LogP contribution in [0.1, 0.15) is 34.1 Å². The van der Waals surface area contributed by atoms with E-state index in [9.17, 15) is 4.79 Å². The molecule has 0 radical (unpaired) electrons. The molecule has 3 aromatic rings. The lowest BCUT2D eigenvalue weighted by molar-refractivity contribution is 0.0517. The van der Waals surface area contributed by atoms with E-state index >= 15 is 0 Å². The number of methoxy groups -OCH3 is 1. The van der Waals surface area contributed by atoms with Gasteiger partial charge in [-0.1, -0.05) is 42.5 Å². The molecule has 0 aliphatic heterocycles. The highest BCUT2D eigenvalue weighted by Crippen LogP contribution is 2.17. The molecule has 0 saturated heterocycles. The molecule has 134 valence electrons. The molecule has 0 atom stereocenters. The van der Waals surface area contributed by atoms with Gasteiger partial charge in [-0.25, -0.2) is 4.79 Å². The number of hydrogen-bond donors (Lipinski definition) is 0. The van der Waals surface area contributed by atoms with E-state index in [-0.39, 0.29) is 5.97 Å². The van der Waals surface area contributed by atoms with Crippen LogP contribution in [-0.2, 0) is 17.7 Å². The van der Waals surface area contributed by atoms with Crippen LogP contribution in [0.5, 0.6) is 5.75 Å². The van der Waals surface area contributed by atoms with Crippen LogP contribution in [0, 0.1) is 0 Å². The van der Waals surface area contributed by atoms with Crippen LogP contribution in [0.2, 0.25) is 0 Å². The summed E-state index contributed by atoms with van der Waals surface area (Å²) in [5.41, 5.74) is 3.45. The van der Waals surface area contributed by atoms with Gasteiger partial charge >= 0.3 is 5.97 Å². The van der Waals surface area contributed by atoms with Gasteiger partial charge in [0.2, 0.25) is 0 Å². The minimum atomic E-state index is -0.382. The molecule has 0 saturated carbocycles. The first-order valence-electron chi connectivity index (χ1n) is 8.60. The Bertz CT molecular complexity index is 855. The molecule has 0 aliphatic carbocycles. The maximum absolute atomic E-state index is 12.3. The van der Waals surface area contributed by atoms with Crippen molar-refractivity contribution in [2.75, 3.05) is 13.7 Å². The Kier molecular flexibility index (Phi) is 5.69. The Hall–Kier alpha value is -3.08. The van der Waals surface area contributed by atoms with E-state index in [0.717, 1.165) is 22.4 Å². The van der Waals surface area contributed by atoms with Crippen LogP contribution >= 0.6 is 0 Å². The Morgan fingerprint density at radius 1 is 1.04 bits per heavy atom. The average molecular weight is 350 g/mol. The molecule has 26 heavy (non-hydrogen) atoms. The summed E-state index contributed by atoms with van der Waals surface area (Å²) in [5.74, 6) is 0.429. The average Bonchev–Trinajstić information content (AvgIpc) is 3.05. The molecule has 0 fully saturated rings. The maximum atomic E-state index is 12.3. The summed E-state index contributed by atoms with van der Waals surface area (Å²) in [7, 11) is 1.64. The quantitative estimate of drug-likeness (QED) is 0.610. The standard InChI is InChI=1S/C21H22N2O3/c1-3-26-21(24)20-18(13-16-7-5-4-6-8-16)15-23(22-20)14-17-9-11-19(25-2)12-10-17/h4-12,15H,3,13-14H2,1-2H3. The maximum Gasteiger partial charge on any atom is 0.359 e. The van der Waals surface area contributed by atoms with Gasteiger partial charge in [0.1, 0.15) is 5.75 Å². The third-order valence-electron chi connectivity index (χ3n) is 4.05. The Labute approximate surface area is 153 Å². The van der Waals surface area contributed by atoms with Crippen molar-refractivity contribution in [3.8, 4) is 5.75 Å². The second-order valence-electron chi connectivity index (χ2n) is 5.93. The number of hydrogen-bond acceptors (Lipinski definition) is 4. The van der Waals surface area contributed by atoms with Crippen molar-refractivity contribution in [3.05, 3.63) is 83.2 Å². The monoisotopic (exact) mass is 350 g/mol. The SMILES string of the molecule is CCOC(=O)c1nn(Cc2ccc(OC)cc2)cc1Cc1ccccc1. The summed E-state index contributed by atoms with van der Waals surface area (Å²) < 4.78 is 12.1. The van der Waals surface area contributed by atoms with Gasteiger partial charge in [0.05, 0.1) is 20.3 Å². The van der Waals surface area contributed by atoms with Crippen molar-refractivity contribution in [2.24, 2.45) is 0 Å². The van der Waals surface area contributed by atoms with E-state index in [1.165, 1.54) is 0 Å². The van der Waals surface area contributed by atoms with Crippen LogP contribution in [0.4, 0.5) is 0 Å². The van der Waals surface area contributed by atoms with E-state index in [2.05, 4.69) is 5.10 Å². The van der Waals surface area contributed by atoms with Gasteiger partial charge in [0.15, 0.2) is 5.69 Å². The largest absolute Gasteiger partial charge is 0.497 e. The van der Waals surface area contributed by atoms with Crippen LogP contribution in [0.25, 0.3) is 0 Å². The lowest BCUT2D eigenvalue weighted by atomic mass is 10.1. The molecular weight excluding hydrogens is 328 g/mol. The van der Waals surface area contributed by atoms with Crippen LogP contribution in [0.3, 0.4) is 0 Å². The van der Waals surface area contributed by atoms with Crippen molar-refractivity contribution in [1.29, 1.82) is 0 Å². The van der Waals surface area contributed by atoms with Crippen LogP contribution < -0.4 is 4.74 Å². The Morgan fingerprint density at radius 3 is 2.42 bits per heavy atom.